The van der Waals surface area contributed by atoms with Gasteiger partial charge in [-0.3, -0.25) is 4.72 Å². The number of halogens is 2. The average molecular weight is 393 g/mol. The van der Waals surface area contributed by atoms with Crippen LogP contribution in [0.5, 0.6) is 0 Å². The van der Waals surface area contributed by atoms with Crippen LogP contribution in [0.1, 0.15) is 5.56 Å². The second-order valence-electron chi connectivity index (χ2n) is 5.49. The summed E-state index contributed by atoms with van der Waals surface area (Å²) in [4.78, 5) is 8.02. The van der Waals surface area contributed by atoms with E-state index in [1.54, 1.807) is 13.0 Å². The Kier molecular flexibility index (Phi) is 4.80. The fourth-order valence-electron chi connectivity index (χ4n) is 2.31. The molecular weight excluding hydrogens is 379 g/mol. The summed E-state index contributed by atoms with van der Waals surface area (Å²) in [6.07, 6.45) is 0. The highest BCUT2D eigenvalue weighted by Gasteiger charge is 2.18. The van der Waals surface area contributed by atoms with Crippen LogP contribution in [0.2, 0.25) is 5.02 Å². The Morgan fingerprint density at radius 1 is 1.12 bits per heavy atom. The van der Waals surface area contributed by atoms with Crippen molar-refractivity contribution in [2.45, 2.75) is 11.9 Å². The van der Waals surface area contributed by atoms with Crippen LogP contribution in [-0.2, 0) is 10.0 Å². The molecule has 0 aliphatic heterocycles. The number of nitrogens with zero attached hydrogens (tertiary/aromatic N) is 2. The van der Waals surface area contributed by atoms with E-state index in [1.807, 2.05) is 0 Å². The van der Waals surface area contributed by atoms with Crippen LogP contribution in [0, 0.1) is 12.7 Å². The smallest absolute Gasteiger partial charge is 0.280 e. The Bertz CT molecular complexity index is 1090. The maximum atomic E-state index is 13.6. The fourth-order valence-corrected chi connectivity index (χ4v) is 3.49. The first-order chi connectivity index (χ1) is 12.3. The monoisotopic (exact) mass is 392 g/mol. The SMILES string of the molecule is Cc1ccc(F)cc1-c1nc(NS(=O)(=O)c2cccc(N)n2)ccc1Cl. The minimum absolute atomic E-state index is 0.0253. The molecule has 0 bridgehead atoms. The molecule has 0 aliphatic carbocycles. The number of hydrogen-bond donors (Lipinski definition) is 2. The van der Waals surface area contributed by atoms with E-state index in [0.29, 0.717) is 5.56 Å². The van der Waals surface area contributed by atoms with E-state index in [2.05, 4.69) is 14.7 Å². The molecule has 0 saturated carbocycles. The first kappa shape index (κ1) is 18.1. The molecule has 0 unspecified atom stereocenters. The number of pyridine rings is 2. The van der Waals surface area contributed by atoms with Gasteiger partial charge in [0, 0.05) is 5.56 Å². The predicted molar refractivity (Wildman–Crippen MR) is 98.8 cm³/mol. The van der Waals surface area contributed by atoms with Crippen LogP contribution in [-0.4, -0.2) is 18.4 Å². The molecule has 0 saturated heterocycles. The van der Waals surface area contributed by atoms with Crippen molar-refractivity contribution < 1.29 is 12.8 Å². The number of sulfonamides is 1. The molecule has 0 atom stereocenters. The maximum absolute atomic E-state index is 13.6. The summed E-state index contributed by atoms with van der Waals surface area (Å²) >= 11 is 6.17. The van der Waals surface area contributed by atoms with Crippen LogP contribution < -0.4 is 10.5 Å². The van der Waals surface area contributed by atoms with Crippen LogP contribution in [0.3, 0.4) is 0 Å². The van der Waals surface area contributed by atoms with Crippen molar-refractivity contribution in [2.24, 2.45) is 0 Å². The number of nitrogens with two attached hydrogens (primary N) is 1. The van der Waals surface area contributed by atoms with Gasteiger partial charge in [0.25, 0.3) is 10.0 Å². The summed E-state index contributed by atoms with van der Waals surface area (Å²) < 4.78 is 40.8. The second kappa shape index (κ2) is 6.89. The summed E-state index contributed by atoms with van der Waals surface area (Å²) in [5.41, 5.74) is 7.01. The van der Waals surface area contributed by atoms with Gasteiger partial charge in [0.2, 0.25) is 0 Å². The van der Waals surface area contributed by atoms with E-state index < -0.39 is 15.8 Å². The van der Waals surface area contributed by atoms with Crippen molar-refractivity contribution in [3.05, 3.63) is 64.9 Å². The number of aryl methyl sites for hydroxylation is 1. The first-order valence-corrected chi connectivity index (χ1v) is 9.31. The van der Waals surface area contributed by atoms with E-state index in [0.717, 1.165) is 5.56 Å². The van der Waals surface area contributed by atoms with Crippen molar-refractivity contribution in [3.63, 3.8) is 0 Å². The van der Waals surface area contributed by atoms with Gasteiger partial charge in [-0.1, -0.05) is 23.7 Å². The molecule has 6 nitrogen and oxygen atoms in total. The Labute approximate surface area is 154 Å². The number of rotatable bonds is 4. The molecule has 1 aromatic carbocycles. The van der Waals surface area contributed by atoms with Crippen LogP contribution in [0.25, 0.3) is 11.3 Å². The van der Waals surface area contributed by atoms with Crippen LogP contribution in [0.15, 0.2) is 53.6 Å². The minimum Gasteiger partial charge on any atom is -0.384 e. The number of nitrogens with one attached hydrogen (secondary N) is 1. The third kappa shape index (κ3) is 3.76. The Hall–Kier alpha value is -2.71. The number of anilines is 2. The molecule has 3 aromatic rings. The summed E-state index contributed by atoms with van der Waals surface area (Å²) in [7, 11) is -3.99. The molecule has 9 heteroatoms. The second-order valence-corrected chi connectivity index (χ2v) is 7.53. The van der Waals surface area contributed by atoms with Gasteiger partial charge in [-0.05, 0) is 48.9 Å². The number of aromatic nitrogens is 2. The molecular formula is C17H14ClFN4O2S. The van der Waals surface area contributed by atoms with Crippen LogP contribution in [0.4, 0.5) is 16.0 Å². The highest BCUT2D eigenvalue weighted by molar-refractivity contribution is 7.92. The molecule has 3 rings (SSSR count). The average Bonchev–Trinajstić information content (AvgIpc) is 2.59. The highest BCUT2D eigenvalue weighted by Crippen LogP contribution is 2.30. The minimum atomic E-state index is -3.99. The topological polar surface area (TPSA) is 98.0 Å². The van der Waals surface area contributed by atoms with Gasteiger partial charge in [0.15, 0.2) is 5.03 Å². The number of benzene rings is 1. The number of nitrogen functional groups attached to an aromatic ring is 1. The van der Waals surface area contributed by atoms with Gasteiger partial charge in [0.1, 0.15) is 17.5 Å². The number of hydrogen-bond acceptors (Lipinski definition) is 5. The predicted octanol–water partition coefficient (Wildman–Crippen LogP) is 3.63. The lowest BCUT2D eigenvalue weighted by Gasteiger charge is -2.11. The summed E-state index contributed by atoms with van der Waals surface area (Å²) in [5.74, 6) is -0.344. The summed E-state index contributed by atoms with van der Waals surface area (Å²) in [6, 6.07) is 11.4. The van der Waals surface area contributed by atoms with Crippen molar-refractivity contribution in [3.8, 4) is 11.3 Å². The summed E-state index contributed by atoms with van der Waals surface area (Å²) in [6.45, 7) is 1.78. The largest absolute Gasteiger partial charge is 0.384 e. The zero-order valence-electron chi connectivity index (χ0n) is 13.6. The molecule has 0 spiro atoms. The highest BCUT2D eigenvalue weighted by atomic mass is 35.5. The van der Waals surface area contributed by atoms with E-state index >= 15 is 0 Å². The molecule has 3 N–H and O–H groups in total. The lowest BCUT2D eigenvalue weighted by Crippen LogP contribution is -2.16. The van der Waals surface area contributed by atoms with Crippen LogP contribution >= 0.6 is 11.6 Å². The van der Waals surface area contributed by atoms with Crippen molar-refractivity contribution >= 4 is 33.3 Å². The maximum Gasteiger partial charge on any atom is 0.280 e. The molecule has 134 valence electrons. The molecule has 0 amide bonds. The Balaban J connectivity index is 2.02. The van der Waals surface area contributed by atoms with E-state index in [9.17, 15) is 12.8 Å². The van der Waals surface area contributed by atoms with Gasteiger partial charge in [-0.2, -0.15) is 8.42 Å². The summed E-state index contributed by atoms with van der Waals surface area (Å²) in [5, 5.41) is 0.0291. The quantitative estimate of drug-likeness (QED) is 0.706. The Morgan fingerprint density at radius 3 is 2.62 bits per heavy atom. The molecule has 0 aliphatic rings. The molecule has 0 radical (unpaired) electrons. The zero-order chi connectivity index (χ0) is 18.9. The molecule has 2 heterocycles. The first-order valence-electron chi connectivity index (χ1n) is 7.45. The molecule has 26 heavy (non-hydrogen) atoms. The zero-order valence-corrected chi connectivity index (χ0v) is 15.1. The van der Waals surface area contributed by atoms with Crippen molar-refractivity contribution in [2.75, 3.05) is 10.5 Å². The van der Waals surface area contributed by atoms with Gasteiger partial charge in [0.05, 0.1) is 10.7 Å². The van der Waals surface area contributed by atoms with E-state index in [1.165, 1.54) is 42.5 Å². The van der Waals surface area contributed by atoms with Gasteiger partial charge < -0.3 is 5.73 Å². The van der Waals surface area contributed by atoms with E-state index in [-0.39, 0.29) is 27.4 Å². The Morgan fingerprint density at radius 2 is 1.88 bits per heavy atom. The van der Waals surface area contributed by atoms with Gasteiger partial charge in [-0.25, -0.2) is 14.4 Å². The normalized spacial score (nSPS) is 11.3. The molecule has 0 fully saturated rings. The van der Waals surface area contributed by atoms with Gasteiger partial charge in [-0.15, -0.1) is 0 Å². The fraction of sp³-hybridized carbons (Fsp3) is 0.0588. The van der Waals surface area contributed by atoms with Crippen molar-refractivity contribution in [1.82, 2.24) is 9.97 Å². The lowest BCUT2D eigenvalue weighted by molar-refractivity contribution is 0.597. The third-order valence-corrected chi connectivity index (χ3v) is 5.12. The lowest BCUT2D eigenvalue weighted by atomic mass is 10.0. The molecule has 2 aromatic heterocycles. The van der Waals surface area contributed by atoms with E-state index in [4.69, 9.17) is 17.3 Å². The third-order valence-electron chi connectivity index (χ3n) is 3.56. The van der Waals surface area contributed by atoms with Crippen molar-refractivity contribution in [1.29, 1.82) is 0 Å². The van der Waals surface area contributed by atoms with Gasteiger partial charge >= 0.3 is 0 Å². The standard InChI is InChI=1S/C17H14ClFN4O2S/c1-10-5-6-11(19)9-12(10)17-13(18)7-8-15(22-17)23-26(24,25)16-4-2-3-14(20)21-16/h2-9H,1H3,(H2,20,21)(H,22,23).